The molecule has 2 N–H and O–H groups in total. The lowest BCUT2D eigenvalue weighted by Crippen LogP contribution is -2.48. The van der Waals surface area contributed by atoms with Gasteiger partial charge in [-0.25, -0.2) is 0 Å². The molecule has 1 aliphatic heterocycles. The largest absolute Gasteiger partial charge is 0.341 e. The Hall–Kier alpha value is -1.88. The number of nitrogens with one attached hydrogen (secondary N) is 2. The fourth-order valence-corrected chi connectivity index (χ4v) is 3.43. The molecule has 25 heavy (non-hydrogen) atoms. The van der Waals surface area contributed by atoms with Gasteiger partial charge in [0, 0.05) is 19.5 Å². The summed E-state index contributed by atoms with van der Waals surface area (Å²) in [6.07, 6.45) is 2.58. The number of carbonyl (C=O) groups is 2. The van der Waals surface area contributed by atoms with Gasteiger partial charge >= 0.3 is 0 Å². The van der Waals surface area contributed by atoms with E-state index in [9.17, 15) is 9.59 Å². The highest BCUT2D eigenvalue weighted by Gasteiger charge is 2.30. The molecule has 2 amide bonds. The summed E-state index contributed by atoms with van der Waals surface area (Å²) in [4.78, 5) is 27.4. The summed E-state index contributed by atoms with van der Waals surface area (Å²) in [7, 11) is 1.94. The Kier molecular flexibility index (Phi) is 7.44. The van der Waals surface area contributed by atoms with Crippen LogP contribution in [0.15, 0.2) is 30.3 Å². The molecule has 2 rings (SSSR count). The molecule has 1 aromatic rings. The van der Waals surface area contributed by atoms with Gasteiger partial charge in [0.05, 0.1) is 0 Å². The van der Waals surface area contributed by atoms with Crippen molar-refractivity contribution in [3.05, 3.63) is 35.9 Å². The minimum atomic E-state index is -0.596. The van der Waals surface area contributed by atoms with Crippen molar-refractivity contribution in [2.45, 2.75) is 39.2 Å². The zero-order valence-electron chi connectivity index (χ0n) is 15.6. The first kappa shape index (κ1) is 19.4. The highest BCUT2D eigenvalue weighted by Crippen LogP contribution is 2.22. The maximum atomic E-state index is 13.2. The first-order chi connectivity index (χ1) is 12.0. The zero-order valence-corrected chi connectivity index (χ0v) is 15.6. The minimum absolute atomic E-state index is 0.00380. The van der Waals surface area contributed by atoms with Gasteiger partial charge in [-0.3, -0.25) is 9.59 Å². The van der Waals surface area contributed by atoms with Gasteiger partial charge in [-0.1, -0.05) is 44.2 Å². The summed E-state index contributed by atoms with van der Waals surface area (Å²) in [6, 6.07) is 8.96. The van der Waals surface area contributed by atoms with E-state index >= 15 is 0 Å². The number of piperidine rings is 1. The molecule has 0 spiro atoms. The lowest BCUT2D eigenvalue weighted by atomic mass is 9.96. The second-order valence-corrected chi connectivity index (χ2v) is 7.36. The molecule has 2 unspecified atom stereocenters. The molecule has 0 saturated carbocycles. The molecule has 1 saturated heterocycles. The van der Waals surface area contributed by atoms with Crippen molar-refractivity contribution >= 4 is 11.8 Å². The van der Waals surface area contributed by atoms with Gasteiger partial charge in [0.25, 0.3) is 0 Å². The van der Waals surface area contributed by atoms with Crippen LogP contribution in [0.25, 0.3) is 0 Å². The first-order valence-electron chi connectivity index (χ1n) is 9.29. The van der Waals surface area contributed by atoms with Gasteiger partial charge in [-0.2, -0.15) is 0 Å². The molecule has 0 bridgehead atoms. The first-order valence-corrected chi connectivity index (χ1v) is 9.29. The normalized spacial score (nSPS) is 18.9. The van der Waals surface area contributed by atoms with Gasteiger partial charge < -0.3 is 15.5 Å². The molecule has 5 nitrogen and oxygen atoms in total. The maximum absolute atomic E-state index is 13.2. The van der Waals surface area contributed by atoms with Crippen molar-refractivity contribution < 1.29 is 9.59 Å². The lowest BCUT2D eigenvalue weighted by Gasteiger charge is -2.35. The Bertz CT molecular complexity index is 557. The van der Waals surface area contributed by atoms with E-state index in [1.54, 1.807) is 0 Å². The van der Waals surface area contributed by atoms with Crippen LogP contribution < -0.4 is 10.6 Å². The predicted octanol–water partition coefficient (Wildman–Crippen LogP) is 2.35. The van der Waals surface area contributed by atoms with Crippen LogP contribution in [0.5, 0.6) is 0 Å². The Labute approximate surface area is 151 Å². The summed E-state index contributed by atoms with van der Waals surface area (Å²) in [5, 5.41) is 6.17. The number of rotatable bonds is 7. The Morgan fingerprint density at radius 1 is 1.24 bits per heavy atom. The van der Waals surface area contributed by atoms with Crippen LogP contribution in [0, 0.1) is 11.8 Å². The molecule has 0 radical (unpaired) electrons. The number of benzene rings is 1. The van der Waals surface area contributed by atoms with Crippen LogP contribution in [-0.2, 0) is 9.59 Å². The number of hydrogen-bond donors (Lipinski definition) is 2. The second kappa shape index (κ2) is 9.56. The van der Waals surface area contributed by atoms with E-state index in [-0.39, 0.29) is 17.7 Å². The molecule has 1 heterocycles. The summed E-state index contributed by atoms with van der Waals surface area (Å²) >= 11 is 0. The average Bonchev–Trinajstić information content (AvgIpc) is 2.60. The molecule has 0 aliphatic carbocycles. The summed E-state index contributed by atoms with van der Waals surface area (Å²) in [5.74, 6) is 0.678. The third-order valence-electron chi connectivity index (χ3n) is 4.60. The lowest BCUT2D eigenvalue weighted by molar-refractivity contribution is -0.138. The average molecular weight is 345 g/mol. The Morgan fingerprint density at radius 2 is 1.96 bits per heavy atom. The molecule has 2 atom stereocenters. The highest BCUT2D eigenvalue weighted by atomic mass is 16.2. The van der Waals surface area contributed by atoms with Crippen LogP contribution in [0.4, 0.5) is 0 Å². The number of carbonyl (C=O) groups excluding carboxylic acids is 2. The smallest absolute Gasteiger partial charge is 0.249 e. The van der Waals surface area contributed by atoms with E-state index in [2.05, 4.69) is 10.6 Å². The van der Waals surface area contributed by atoms with Crippen LogP contribution in [0.2, 0.25) is 0 Å². The van der Waals surface area contributed by atoms with Gasteiger partial charge in [-0.05, 0) is 43.8 Å². The molecule has 1 aliphatic rings. The molecule has 0 aromatic heterocycles. The second-order valence-electron chi connectivity index (χ2n) is 7.36. The van der Waals surface area contributed by atoms with Crippen LogP contribution in [-0.4, -0.2) is 43.4 Å². The van der Waals surface area contributed by atoms with E-state index in [1.807, 2.05) is 56.1 Å². The van der Waals surface area contributed by atoms with E-state index in [0.717, 1.165) is 38.0 Å². The number of nitrogens with zero attached hydrogens (tertiary/aromatic N) is 1. The van der Waals surface area contributed by atoms with Crippen molar-refractivity contribution in [2.24, 2.45) is 11.8 Å². The molecular formula is C20H31N3O2. The Balaban J connectivity index is 2.13. The van der Waals surface area contributed by atoms with Crippen molar-refractivity contribution in [1.29, 1.82) is 0 Å². The topological polar surface area (TPSA) is 61.4 Å². The SMILES string of the molecule is CNCC1CCCN(C(=O)C(NC(=O)CC(C)C)c2ccccc2)C1. The summed E-state index contributed by atoms with van der Waals surface area (Å²) in [6.45, 7) is 6.45. The monoisotopic (exact) mass is 345 g/mol. The fraction of sp³-hybridized carbons (Fsp3) is 0.600. The summed E-state index contributed by atoms with van der Waals surface area (Å²) < 4.78 is 0. The molecule has 138 valence electrons. The fourth-order valence-electron chi connectivity index (χ4n) is 3.43. The predicted molar refractivity (Wildman–Crippen MR) is 100 cm³/mol. The van der Waals surface area contributed by atoms with Crippen LogP contribution >= 0.6 is 0 Å². The van der Waals surface area contributed by atoms with E-state index in [1.165, 1.54) is 0 Å². The quantitative estimate of drug-likeness (QED) is 0.797. The molecular weight excluding hydrogens is 314 g/mol. The third-order valence-corrected chi connectivity index (χ3v) is 4.60. The maximum Gasteiger partial charge on any atom is 0.249 e. The standard InChI is InChI=1S/C20H31N3O2/c1-15(2)12-18(24)22-19(17-9-5-4-6-10-17)20(25)23-11-7-8-16(14-23)13-21-3/h4-6,9-10,15-16,19,21H,7-8,11-14H2,1-3H3,(H,22,24). The molecule has 1 fully saturated rings. The van der Waals surface area contributed by atoms with Crippen LogP contribution in [0.3, 0.4) is 0 Å². The number of likely N-dealkylation sites (tertiary alicyclic amines) is 1. The van der Waals surface area contributed by atoms with Crippen LogP contribution in [0.1, 0.15) is 44.7 Å². The van der Waals surface area contributed by atoms with E-state index in [0.29, 0.717) is 12.3 Å². The minimum Gasteiger partial charge on any atom is -0.341 e. The van der Waals surface area contributed by atoms with Gasteiger partial charge in [-0.15, -0.1) is 0 Å². The zero-order chi connectivity index (χ0) is 18.2. The van der Waals surface area contributed by atoms with Gasteiger partial charge in [0.2, 0.25) is 11.8 Å². The van der Waals surface area contributed by atoms with E-state index < -0.39 is 6.04 Å². The summed E-state index contributed by atoms with van der Waals surface area (Å²) in [5.41, 5.74) is 0.848. The third kappa shape index (κ3) is 5.85. The van der Waals surface area contributed by atoms with Gasteiger partial charge in [0.15, 0.2) is 0 Å². The number of hydrogen-bond acceptors (Lipinski definition) is 3. The number of amides is 2. The van der Waals surface area contributed by atoms with E-state index in [4.69, 9.17) is 0 Å². The van der Waals surface area contributed by atoms with Gasteiger partial charge in [0.1, 0.15) is 6.04 Å². The molecule has 1 aromatic carbocycles. The van der Waals surface area contributed by atoms with Crippen molar-refractivity contribution in [1.82, 2.24) is 15.5 Å². The van der Waals surface area contributed by atoms with Crippen molar-refractivity contribution in [3.63, 3.8) is 0 Å². The Morgan fingerprint density at radius 3 is 2.60 bits per heavy atom. The van der Waals surface area contributed by atoms with Crippen molar-refractivity contribution in [2.75, 3.05) is 26.7 Å². The highest BCUT2D eigenvalue weighted by molar-refractivity contribution is 5.88. The molecule has 5 heteroatoms. The van der Waals surface area contributed by atoms with Crippen molar-refractivity contribution in [3.8, 4) is 0 Å².